The second-order valence-electron chi connectivity index (χ2n) is 6.65. The Balaban J connectivity index is 1.89. The van der Waals surface area contributed by atoms with Gasteiger partial charge >= 0.3 is 0 Å². The smallest absolute Gasteiger partial charge is 0.256 e. The zero-order chi connectivity index (χ0) is 18.2. The number of ether oxygens (including phenoxy) is 1. The van der Waals surface area contributed by atoms with Gasteiger partial charge in [0.2, 0.25) is 5.91 Å². The number of rotatable bonds is 2. The predicted octanol–water partition coefficient (Wildman–Crippen LogP) is 4.08. The minimum atomic E-state index is -0.605. The van der Waals surface area contributed by atoms with E-state index in [0.717, 1.165) is 4.47 Å². The summed E-state index contributed by atoms with van der Waals surface area (Å²) in [5.41, 5.74) is 1.17. The third kappa shape index (κ3) is 3.39. The lowest BCUT2D eigenvalue weighted by Crippen LogP contribution is -2.39. The monoisotopic (exact) mass is 402 g/mol. The van der Waals surface area contributed by atoms with Crippen LogP contribution in [0.2, 0.25) is 0 Å². The van der Waals surface area contributed by atoms with Crippen molar-refractivity contribution < 1.29 is 14.3 Å². The first-order valence-corrected chi connectivity index (χ1v) is 8.70. The van der Waals surface area contributed by atoms with Crippen LogP contribution in [0.25, 0.3) is 0 Å². The van der Waals surface area contributed by atoms with Gasteiger partial charge in [-0.25, -0.2) is 0 Å². The van der Waals surface area contributed by atoms with Crippen molar-refractivity contribution in [3.63, 3.8) is 0 Å². The van der Waals surface area contributed by atoms with E-state index >= 15 is 0 Å². The van der Waals surface area contributed by atoms with Crippen LogP contribution in [0.5, 0.6) is 5.75 Å². The van der Waals surface area contributed by atoms with E-state index in [0.29, 0.717) is 29.3 Å². The molecule has 25 heavy (non-hydrogen) atoms. The first-order valence-electron chi connectivity index (χ1n) is 7.90. The molecule has 0 unspecified atom stereocenters. The molecule has 1 heterocycles. The van der Waals surface area contributed by atoms with Gasteiger partial charge in [-0.1, -0.05) is 12.1 Å². The van der Waals surface area contributed by atoms with Crippen LogP contribution in [0.1, 0.15) is 24.2 Å². The van der Waals surface area contributed by atoms with Gasteiger partial charge in [0.1, 0.15) is 12.4 Å². The van der Waals surface area contributed by atoms with E-state index in [-0.39, 0.29) is 11.8 Å². The average molecular weight is 403 g/mol. The van der Waals surface area contributed by atoms with Crippen LogP contribution in [-0.2, 0) is 4.79 Å². The van der Waals surface area contributed by atoms with Crippen LogP contribution < -0.4 is 15.0 Å². The number of carbonyl (C=O) groups is 2. The first kappa shape index (κ1) is 17.5. The van der Waals surface area contributed by atoms with Gasteiger partial charge in [-0.15, -0.1) is 0 Å². The van der Waals surface area contributed by atoms with Crippen LogP contribution in [0.3, 0.4) is 0 Å². The van der Waals surface area contributed by atoms with Crippen molar-refractivity contribution in [2.75, 3.05) is 23.9 Å². The zero-order valence-corrected chi connectivity index (χ0v) is 15.9. The van der Waals surface area contributed by atoms with E-state index in [9.17, 15) is 9.59 Å². The van der Waals surface area contributed by atoms with Crippen molar-refractivity contribution in [2.24, 2.45) is 5.41 Å². The number of hydrogen-bond acceptors (Lipinski definition) is 3. The SMILES string of the molecule is CN1C(=O)C(C)(C)COc2ccc(NC(=O)c3ccccc3Br)cc21. The number of benzene rings is 2. The molecule has 0 fully saturated rings. The predicted molar refractivity (Wildman–Crippen MR) is 101 cm³/mol. The van der Waals surface area contributed by atoms with Crippen LogP contribution >= 0.6 is 15.9 Å². The van der Waals surface area contributed by atoms with Gasteiger partial charge in [0.15, 0.2) is 0 Å². The van der Waals surface area contributed by atoms with Gasteiger partial charge in [0.05, 0.1) is 16.7 Å². The maximum atomic E-state index is 12.6. The van der Waals surface area contributed by atoms with Gasteiger partial charge in [-0.2, -0.15) is 0 Å². The highest BCUT2D eigenvalue weighted by Crippen LogP contribution is 2.37. The molecule has 0 saturated carbocycles. The number of fused-ring (bicyclic) bond motifs is 1. The lowest BCUT2D eigenvalue weighted by molar-refractivity contribution is -0.127. The molecule has 0 radical (unpaired) electrons. The Kier molecular flexibility index (Phi) is 4.56. The minimum Gasteiger partial charge on any atom is -0.490 e. The second kappa shape index (κ2) is 6.52. The van der Waals surface area contributed by atoms with E-state index in [1.165, 1.54) is 0 Å². The molecular weight excluding hydrogens is 384 g/mol. The van der Waals surface area contributed by atoms with Gasteiger partial charge in [-0.05, 0) is 60.1 Å². The average Bonchev–Trinajstić information content (AvgIpc) is 2.66. The summed E-state index contributed by atoms with van der Waals surface area (Å²) in [7, 11) is 1.72. The summed E-state index contributed by atoms with van der Waals surface area (Å²) in [6, 6.07) is 12.5. The summed E-state index contributed by atoms with van der Waals surface area (Å²) in [5, 5.41) is 2.86. The number of amides is 2. The quantitative estimate of drug-likeness (QED) is 0.822. The van der Waals surface area contributed by atoms with E-state index in [1.54, 1.807) is 42.3 Å². The second-order valence-corrected chi connectivity index (χ2v) is 7.51. The molecule has 2 aromatic carbocycles. The Labute approximate surface area is 155 Å². The molecule has 5 nitrogen and oxygen atoms in total. The van der Waals surface area contributed by atoms with E-state index < -0.39 is 5.41 Å². The Morgan fingerprint density at radius 3 is 2.68 bits per heavy atom. The van der Waals surface area contributed by atoms with Gasteiger partial charge in [0.25, 0.3) is 5.91 Å². The fourth-order valence-electron chi connectivity index (χ4n) is 2.71. The highest BCUT2D eigenvalue weighted by molar-refractivity contribution is 9.10. The molecule has 2 aromatic rings. The summed E-state index contributed by atoms with van der Waals surface area (Å²) in [6.07, 6.45) is 0. The van der Waals surface area contributed by atoms with Crippen LogP contribution in [0.15, 0.2) is 46.9 Å². The lowest BCUT2D eigenvalue weighted by Gasteiger charge is -2.24. The Morgan fingerprint density at radius 1 is 1.24 bits per heavy atom. The fourth-order valence-corrected chi connectivity index (χ4v) is 3.17. The largest absolute Gasteiger partial charge is 0.490 e. The minimum absolute atomic E-state index is 0.0273. The number of carbonyl (C=O) groups excluding carboxylic acids is 2. The molecule has 130 valence electrons. The van der Waals surface area contributed by atoms with Crippen LogP contribution in [-0.4, -0.2) is 25.5 Å². The highest BCUT2D eigenvalue weighted by atomic mass is 79.9. The molecule has 0 aromatic heterocycles. The van der Waals surface area contributed by atoms with Crippen molar-refractivity contribution in [3.05, 3.63) is 52.5 Å². The fraction of sp³-hybridized carbons (Fsp3) is 0.263. The highest BCUT2D eigenvalue weighted by Gasteiger charge is 2.36. The van der Waals surface area contributed by atoms with Gasteiger partial charge < -0.3 is 15.0 Å². The molecule has 2 amide bonds. The van der Waals surface area contributed by atoms with Crippen molar-refractivity contribution in [3.8, 4) is 5.75 Å². The molecular formula is C19H19BrN2O3. The third-order valence-corrected chi connectivity index (χ3v) is 4.86. The number of hydrogen-bond donors (Lipinski definition) is 1. The number of anilines is 2. The summed E-state index contributed by atoms with van der Waals surface area (Å²) in [5.74, 6) is 0.372. The number of nitrogens with zero attached hydrogens (tertiary/aromatic N) is 1. The Morgan fingerprint density at radius 2 is 1.96 bits per heavy atom. The van der Waals surface area contributed by atoms with Crippen LogP contribution in [0, 0.1) is 5.41 Å². The zero-order valence-electron chi connectivity index (χ0n) is 14.3. The maximum absolute atomic E-state index is 12.6. The van der Waals surface area contributed by atoms with E-state index in [1.807, 2.05) is 26.0 Å². The third-order valence-electron chi connectivity index (χ3n) is 4.17. The van der Waals surface area contributed by atoms with E-state index in [4.69, 9.17) is 4.74 Å². The molecule has 1 aliphatic heterocycles. The van der Waals surface area contributed by atoms with E-state index in [2.05, 4.69) is 21.2 Å². The Hall–Kier alpha value is -2.34. The number of nitrogens with one attached hydrogen (secondary N) is 1. The molecule has 3 rings (SSSR count). The first-order chi connectivity index (χ1) is 11.8. The molecule has 0 aliphatic carbocycles. The van der Waals surface area contributed by atoms with Gasteiger partial charge in [0, 0.05) is 17.2 Å². The molecule has 6 heteroatoms. The normalized spacial score (nSPS) is 15.8. The molecule has 1 aliphatic rings. The van der Waals surface area contributed by atoms with Gasteiger partial charge in [-0.3, -0.25) is 9.59 Å². The van der Waals surface area contributed by atoms with Crippen molar-refractivity contribution >= 4 is 39.1 Å². The van der Waals surface area contributed by atoms with Crippen molar-refractivity contribution in [1.82, 2.24) is 0 Å². The van der Waals surface area contributed by atoms with Crippen LogP contribution in [0.4, 0.5) is 11.4 Å². The summed E-state index contributed by atoms with van der Waals surface area (Å²) >= 11 is 3.38. The summed E-state index contributed by atoms with van der Waals surface area (Å²) in [4.78, 5) is 26.6. The molecule has 0 bridgehead atoms. The molecule has 0 spiro atoms. The lowest BCUT2D eigenvalue weighted by atomic mass is 9.93. The summed E-state index contributed by atoms with van der Waals surface area (Å²) < 4.78 is 6.51. The number of halogens is 1. The Bertz CT molecular complexity index is 848. The van der Waals surface area contributed by atoms with Crippen molar-refractivity contribution in [2.45, 2.75) is 13.8 Å². The van der Waals surface area contributed by atoms with Crippen molar-refractivity contribution in [1.29, 1.82) is 0 Å². The standard InChI is InChI=1S/C19H19BrN2O3/c1-19(2)11-25-16-9-8-12(10-15(16)22(3)18(19)24)21-17(23)13-6-4-5-7-14(13)20/h4-10H,11H2,1-3H3,(H,21,23). The maximum Gasteiger partial charge on any atom is 0.256 e. The molecule has 0 saturated heterocycles. The topological polar surface area (TPSA) is 58.6 Å². The molecule has 1 N–H and O–H groups in total. The molecule has 0 atom stereocenters. The summed E-state index contributed by atoms with van der Waals surface area (Å²) in [6.45, 7) is 4.02.